The van der Waals surface area contributed by atoms with Crippen molar-refractivity contribution in [3.8, 4) is 39.4 Å². The summed E-state index contributed by atoms with van der Waals surface area (Å²) >= 11 is 0. The number of piperidine rings is 2. The first-order valence-electron chi connectivity index (χ1n) is 14.1. The molecule has 6 rings (SSSR count). The van der Waals surface area contributed by atoms with E-state index >= 15 is 0 Å². The van der Waals surface area contributed by atoms with E-state index in [1.54, 1.807) is 7.11 Å². The van der Waals surface area contributed by atoms with E-state index < -0.39 is 0 Å². The molecule has 2 saturated heterocycles. The molecule has 4 aromatic rings. The summed E-state index contributed by atoms with van der Waals surface area (Å²) in [6.45, 7) is 4.62. The van der Waals surface area contributed by atoms with Gasteiger partial charge in [0.2, 0.25) is 0 Å². The Morgan fingerprint density at radius 3 is 1.34 bits per heavy atom. The van der Waals surface area contributed by atoms with E-state index in [-0.39, 0.29) is 0 Å². The molecule has 2 aliphatic heterocycles. The molecular formula is C34H37N3O. The number of ether oxygens (including phenoxy) is 1. The predicted octanol–water partition coefficient (Wildman–Crippen LogP) is 8.07. The summed E-state index contributed by atoms with van der Waals surface area (Å²) in [5.41, 5.74) is 9.23. The number of hydrogen-bond acceptors (Lipinski definition) is 4. The third-order valence-electron chi connectivity index (χ3n) is 8.02. The van der Waals surface area contributed by atoms with Crippen LogP contribution < -0.4 is 14.5 Å². The van der Waals surface area contributed by atoms with Gasteiger partial charge in [-0.25, -0.2) is 4.98 Å². The Kier molecular flexibility index (Phi) is 7.30. The summed E-state index contributed by atoms with van der Waals surface area (Å²) in [5.74, 6) is 0.866. The summed E-state index contributed by atoms with van der Waals surface area (Å²) in [4.78, 5) is 10.2. The standard InChI is InChI=1S/C34H37N3O/c1-38-32-18-12-26(13-19-32)29-24-33(27-8-14-30(15-9-27)36-20-4-2-5-21-36)35-34(25-29)28-10-16-31(17-11-28)37-22-6-3-7-23-37/h8-19,24-25H,2-7,20-23H2,1H3. The van der Waals surface area contributed by atoms with Crippen LogP contribution in [0, 0.1) is 0 Å². The van der Waals surface area contributed by atoms with Crippen molar-refractivity contribution < 1.29 is 4.74 Å². The second-order valence-corrected chi connectivity index (χ2v) is 10.5. The molecule has 0 radical (unpaired) electrons. The average molecular weight is 504 g/mol. The van der Waals surface area contributed by atoms with Gasteiger partial charge in [-0.15, -0.1) is 0 Å². The van der Waals surface area contributed by atoms with Crippen LogP contribution in [0.15, 0.2) is 84.9 Å². The molecule has 0 aliphatic carbocycles. The van der Waals surface area contributed by atoms with Crippen molar-refractivity contribution in [2.75, 3.05) is 43.1 Å². The maximum atomic E-state index is 5.39. The molecule has 0 atom stereocenters. The van der Waals surface area contributed by atoms with Crippen LogP contribution >= 0.6 is 0 Å². The van der Waals surface area contributed by atoms with Gasteiger partial charge in [0.05, 0.1) is 18.5 Å². The average Bonchev–Trinajstić information content (AvgIpc) is 3.02. The Bertz CT molecular complexity index is 1250. The van der Waals surface area contributed by atoms with Gasteiger partial charge in [-0.2, -0.15) is 0 Å². The van der Waals surface area contributed by atoms with Crippen molar-refractivity contribution in [3.05, 3.63) is 84.9 Å². The van der Waals surface area contributed by atoms with Crippen LogP contribution in [0.25, 0.3) is 33.6 Å². The molecule has 1 aromatic heterocycles. The molecule has 0 unspecified atom stereocenters. The molecular weight excluding hydrogens is 466 g/mol. The number of anilines is 2. The first-order chi connectivity index (χ1) is 18.8. The number of pyridine rings is 1. The fourth-order valence-electron chi connectivity index (χ4n) is 5.77. The van der Waals surface area contributed by atoms with Crippen molar-refractivity contribution in [2.45, 2.75) is 38.5 Å². The summed E-state index contributed by atoms with van der Waals surface area (Å²) in [6, 6.07) is 30.7. The lowest BCUT2D eigenvalue weighted by atomic mass is 9.99. The number of nitrogens with zero attached hydrogens (tertiary/aromatic N) is 3. The highest BCUT2D eigenvalue weighted by Gasteiger charge is 2.14. The Hall–Kier alpha value is -3.79. The smallest absolute Gasteiger partial charge is 0.118 e. The van der Waals surface area contributed by atoms with Gasteiger partial charge < -0.3 is 14.5 Å². The third-order valence-corrected chi connectivity index (χ3v) is 8.02. The van der Waals surface area contributed by atoms with Crippen molar-refractivity contribution in [2.24, 2.45) is 0 Å². The van der Waals surface area contributed by atoms with E-state index in [1.165, 1.54) is 49.9 Å². The number of rotatable bonds is 6. The molecule has 194 valence electrons. The van der Waals surface area contributed by atoms with E-state index in [0.717, 1.165) is 65.6 Å². The van der Waals surface area contributed by atoms with Gasteiger partial charge in [0.15, 0.2) is 0 Å². The van der Waals surface area contributed by atoms with Crippen LogP contribution in [0.4, 0.5) is 11.4 Å². The van der Waals surface area contributed by atoms with Crippen LogP contribution in [-0.4, -0.2) is 38.3 Å². The van der Waals surface area contributed by atoms with Crippen molar-refractivity contribution >= 4 is 11.4 Å². The highest BCUT2D eigenvalue weighted by atomic mass is 16.5. The van der Waals surface area contributed by atoms with Crippen LogP contribution in [0.2, 0.25) is 0 Å². The predicted molar refractivity (Wildman–Crippen MR) is 159 cm³/mol. The Labute approximate surface area is 226 Å². The first-order valence-corrected chi connectivity index (χ1v) is 14.1. The van der Waals surface area contributed by atoms with Gasteiger partial charge in [-0.3, -0.25) is 0 Å². The second-order valence-electron chi connectivity index (χ2n) is 10.5. The van der Waals surface area contributed by atoms with Gasteiger partial charge in [-0.1, -0.05) is 36.4 Å². The minimum absolute atomic E-state index is 0.866. The second kappa shape index (κ2) is 11.3. The van der Waals surface area contributed by atoms with E-state index in [2.05, 4.69) is 82.6 Å². The van der Waals surface area contributed by atoms with E-state index in [9.17, 15) is 0 Å². The lowest BCUT2D eigenvalue weighted by Gasteiger charge is -2.29. The van der Waals surface area contributed by atoms with Gasteiger partial charge in [-0.05, 0) is 98.2 Å². The van der Waals surface area contributed by atoms with Crippen LogP contribution in [0.1, 0.15) is 38.5 Å². The van der Waals surface area contributed by atoms with Gasteiger partial charge >= 0.3 is 0 Å². The molecule has 0 saturated carbocycles. The van der Waals surface area contributed by atoms with Crippen molar-refractivity contribution in [3.63, 3.8) is 0 Å². The van der Waals surface area contributed by atoms with Gasteiger partial charge in [0, 0.05) is 48.7 Å². The normalized spacial score (nSPS) is 15.9. The fourth-order valence-corrected chi connectivity index (χ4v) is 5.77. The quantitative estimate of drug-likeness (QED) is 0.266. The topological polar surface area (TPSA) is 28.6 Å². The van der Waals surface area contributed by atoms with Crippen molar-refractivity contribution in [1.82, 2.24) is 4.98 Å². The molecule has 3 aromatic carbocycles. The maximum Gasteiger partial charge on any atom is 0.118 e. The molecule has 0 N–H and O–H groups in total. The number of methoxy groups -OCH3 is 1. The minimum Gasteiger partial charge on any atom is -0.497 e. The third kappa shape index (κ3) is 5.40. The van der Waals surface area contributed by atoms with Gasteiger partial charge in [0.25, 0.3) is 0 Å². The Morgan fingerprint density at radius 2 is 0.921 bits per heavy atom. The summed E-state index contributed by atoms with van der Waals surface area (Å²) in [7, 11) is 1.71. The molecule has 38 heavy (non-hydrogen) atoms. The molecule has 4 nitrogen and oxygen atoms in total. The Morgan fingerprint density at radius 1 is 0.500 bits per heavy atom. The zero-order valence-electron chi connectivity index (χ0n) is 22.4. The van der Waals surface area contributed by atoms with E-state index in [1.807, 2.05) is 12.1 Å². The van der Waals surface area contributed by atoms with E-state index in [4.69, 9.17) is 9.72 Å². The lowest BCUT2D eigenvalue weighted by Crippen LogP contribution is -2.29. The summed E-state index contributed by atoms with van der Waals surface area (Å²) in [6.07, 6.45) is 7.83. The number of aromatic nitrogens is 1. The SMILES string of the molecule is COc1ccc(-c2cc(-c3ccc(N4CCCCC4)cc3)nc(-c3ccc(N4CCCCC4)cc3)c2)cc1. The minimum atomic E-state index is 0.866. The van der Waals surface area contributed by atoms with Crippen LogP contribution in [0.3, 0.4) is 0 Å². The molecule has 2 fully saturated rings. The zero-order valence-corrected chi connectivity index (χ0v) is 22.4. The summed E-state index contributed by atoms with van der Waals surface area (Å²) < 4.78 is 5.39. The number of hydrogen-bond donors (Lipinski definition) is 0. The highest BCUT2D eigenvalue weighted by Crippen LogP contribution is 2.33. The first kappa shape index (κ1) is 24.5. The molecule has 0 bridgehead atoms. The maximum absolute atomic E-state index is 5.39. The largest absolute Gasteiger partial charge is 0.497 e. The Balaban J connectivity index is 1.35. The lowest BCUT2D eigenvalue weighted by molar-refractivity contribution is 0.415. The zero-order chi connectivity index (χ0) is 25.7. The molecule has 0 spiro atoms. The molecule has 2 aliphatic rings. The number of benzene rings is 3. The highest BCUT2D eigenvalue weighted by molar-refractivity contribution is 5.77. The molecule has 4 heteroatoms. The van der Waals surface area contributed by atoms with E-state index in [0.29, 0.717) is 0 Å². The van der Waals surface area contributed by atoms with Crippen LogP contribution in [-0.2, 0) is 0 Å². The monoisotopic (exact) mass is 503 g/mol. The molecule has 3 heterocycles. The van der Waals surface area contributed by atoms with Crippen LogP contribution in [0.5, 0.6) is 5.75 Å². The van der Waals surface area contributed by atoms with Crippen molar-refractivity contribution in [1.29, 1.82) is 0 Å². The summed E-state index contributed by atoms with van der Waals surface area (Å²) in [5, 5.41) is 0. The molecule has 0 amide bonds. The fraction of sp³-hybridized carbons (Fsp3) is 0.324. The van der Waals surface area contributed by atoms with Gasteiger partial charge in [0.1, 0.15) is 5.75 Å².